The molecule has 3 nitrogen and oxygen atoms in total. The smallest absolute Gasteiger partial charge is 0.0678 e. The van der Waals surface area contributed by atoms with E-state index < -0.39 is 0 Å². The number of hydrogen-bond donors (Lipinski definition) is 1. The van der Waals surface area contributed by atoms with Gasteiger partial charge in [0.1, 0.15) is 0 Å². The fourth-order valence-electron chi connectivity index (χ4n) is 4.38. The Balaban J connectivity index is 1.89. The lowest BCUT2D eigenvalue weighted by molar-refractivity contribution is -0.0743. The molecule has 3 heteroatoms. The van der Waals surface area contributed by atoms with Crippen LogP contribution in [0.1, 0.15) is 52.9 Å². The Bertz CT molecular complexity index is 274. The first kappa shape index (κ1) is 16.3. The summed E-state index contributed by atoms with van der Waals surface area (Å²) in [6, 6.07) is 0.719. The Morgan fingerprint density at radius 3 is 2.45 bits per heavy atom. The molecule has 0 bridgehead atoms. The van der Waals surface area contributed by atoms with Crippen LogP contribution in [0.2, 0.25) is 0 Å². The minimum absolute atomic E-state index is 0.391. The highest BCUT2D eigenvalue weighted by atomic mass is 16.5. The lowest BCUT2D eigenvalue weighted by Crippen LogP contribution is -2.51. The molecular weight excluding hydrogens is 248 g/mol. The minimum Gasteiger partial charge on any atom is -0.373 e. The average Bonchev–Trinajstić information content (AvgIpc) is 2.38. The molecule has 2 rings (SSSR count). The monoisotopic (exact) mass is 282 g/mol. The van der Waals surface area contributed by atoms with Gasteiger partial charge in [0, 0.05) is 25.7 Å². The predicted octanol–water partition coefficient (Wildman–Crippen LogP) is 2.90. The quantitative estimate of drug-likeness (QED) is 0.839. The zero-order valence-electron chi connectivity index (χ0n) is 13.9. The van der Waals surface area contributed by atoms with Crippen LogP contribution in [0.3, 0.4) is 0 Å². The molecule has 1 aliphatic carbocycles. The van der Waals surface area contributed by atoms with Crippen molar-refractivity contribution in [3.8, 4) is 0 Å². The second kappa shape index (κ2) is 7.77. The Hall–Kier alpha value is -0.120. The largest absolute Gasteiger partial charge is 0.373 e. The predicted molar refractivity (Wildman–Crippen MR) is 85.0 cm³/mol. The number of nitrogens with zero attached hydrogens (tertiary/aromatic N) is 1. The SMILES string of the molecule is CCCC1CCC(NC)C(CN2CC(C)OC(C)C2)C1. The van der Waals surface area contributed by atoms with Crippen molar-refractivity contribution in [1.29, 1.82) is 0 Å². The highest BCUT2D eigenvalue weighted by Gasteiger charge is 2.32. The summed E-state index contributed by atoms with van der Waals surface area (Å²) >= 11 is 0. The van der Waals surface area contributed by atoms with E-state index in [0.29, 0.717) is 12.2 Å². The highest BCUT2D eigenvalue weighted by Crippen LogP contribution is 2.33. The van der Waals surface area contributed by atoms with Crippen molar-refractivity contribution in [2.24, 2.45) is 11.8 Å². The lowest BCUT2D eigenvalue weighted by atomic mass is 9.76. The van der Waals surface area contributed by atoms with E-state index in [1.807, 2.05) is 0 Å². The third-order valence-corrected chi connectivity index (χ3v) is 5.15. The Morgan fingerprint density at radius 1 is 1.15 bits per heavy atom. The Kier molecular flexibility index (Phi) is 6.31. The van der Waals surface area contributed by atoms with Gasteiger partial charge in [0.2, 0.25) is 0 Å². The number of morpholine rings is 1. The first-order valence-electron chi connectivity index (χ1n) is 8.67. The second-order valence-electron chi connectivity index (χ2n) is 7.10. The third kappa shape index (κ3) is 4.44. The molecule has 1 saturated carbocycles. The molecule has 1 aliphatic heterocycles. The van der Waals surface area contributed by atoms with Crippen LogP contribution in [-0.4, -0.2) is 49.8 Å². The minimum atomic E-state index is 0.391. The summed E-state index contributed by atoms with van der Waals surface area (Å²) in [5.41, 5.74) is 0. The molecule has 0 aromatic heterocycles. The fraction of sp³-hybridized carbons (Fsp3) is 1.00. The van der Waals surface area contributed by atoms with E-state index in [1.54, 1.807) is 0 Å². The van der Waals surface area contributed by atoms with E-state index >= 15 is 0 Å². The van der Waals surface area contributed by atoms with Crippen LogP contribution < -0.4 is 5.32 Å². The molecule has 0 aromatic carbocycles. The van der Waals surface area contributed by atoms with Gasteiger partial charge in [0.15, 0.2) is 0 Å². The molecule has 0 spiro atoms. The summed E-state index contributed by atoms with van der Waals surface area (Å²) in [4.78, 5) is 2.64. The molecule has 2 aliphatic rings. The molecule has 118 valence electrons. The molecule has 0 radical (unpaired) electrons. The number of rotatable bonds is 5. The molecule has 1 heterocycles. The van der Waals surface area contributed by atoms with Gasteiger partial charge in [-0.25, -0.2) is 0 Å². The molecule has 5 unspecified atom stereocenters. The van der Waals surface area contributed by atoms with Gasteiger partial charge in [-0.3, -0.25) is 4.90 Å². The van der Waals surface area contributed by atoms with Crippen molar-refractivity contribution in [2.45, 2.75) is 71.1 Å². The van der Waals surface area contributed by atoms with Gasteiger partial charge in [-0.2, -0.15) is 0 Å². The van der Waals surface area contributed by atoms with Crippen LogP contribution in [-0.2, 0) is 4.74 Å². The summed E-state index contributed by atoms with van der Waals surface area (Å²) in [6.07, 6.45) is 7.74. The zero-order valence-corrected chi connectivity index (χ0v) is 13.9. The normalized spacial score (nSPS) is 39.9. The number of nitrogens with one attached hydrogen (secondary N) is 1. The van der Waals surface area contributed by atoms with Crippen molar-refractivity contribution >= 4 is 0 Å². The molecule has 0 aromatic rings. The molecule has 0 amide bonds. The third-order valence-electron chi connectivity index (χ3n) is 5.15. The maximum Gasteiger partial charge on any atom is 0.0678 e. The van der Waals surface area contributed by atoms with Gasteiger partial charge in [-0.05, 0) is 52.0 Å². The summed E-state index contributed by atoms with van der Waals surface area (Å²) in [7, 11) is 2.14. The van der Waals surface area contributed by atoms with Crippen molar-refractivity contribution in [3.63, 3.8) is 0 Å². The van der Waals surface area contributed by atoms with Gasteiger partial charge in [0.25, 0.3) is 0 Å². The summed E-state index contributed by atoms with van der Waals surface area (Å²) in [6.45, 7) is 10.2. The van der Waals surface area contributed by atoms with E-state index in [9.17, 15) is 0 Å². The molecule has 20 heavy (non-hydrogen) atoms. The van der Waals surface area contributed by atoms with Gasteiger partial charge >= 0.3 is 0 Å². The Morgan fingerprint density at radius 2 is 1.85 bits per heavy atom. The fourth-order valence-corrected chi connectivity index (χ4v) is 4.38. The van der Waals surface area contributed by atoms with Crippen LogP contribution in [0.15, 0.2) is 0 Å². The van der Waals surface area contributed by atoms with Crippen molar-refractivity contribution in [1.82, 2.24) is 10.2 Å². The van der Waals surface area contributed by atoms with Crippen LogP contribution >= 0.6 is 0 Å². The summed E-state index contributed by atoms with van der Waals surface area (Å²) in [5.74, 6) is 1.79. The van der Waals surface area contributed by atoms with Crippen molar-refractivity contribution in [2.75, 3.05) is 26.7 Å². The van der Waals surface area contributed by atoms with E-state index in [0.717, 1.165) is 31.0 Å². The van der Waals surface area contributed by atoms with E-state index in [4.69, 9.17) is 4.74 Å². The van der Waals surface area contributed by atoms with Gasteiger partial charge < -0.3 is 10.1 Å². The second-order valence-corrected chi connectivity index (χ2v) is 7.10. The van der Waals surface area contributed by atoms with E-state index in [-0.39, 0.29) is 0 Å². The van der Waals surface area contributed by atoms with Crippen LogP contribution in [0.25, 0.3) is 0 Å². The molecule has 1 saturated heterocycles. The molecule has 1 N–H and O–H groups in total. The first-order valence-corrected chi connectivity index (χ1v) is 8.67. The summed E-state index contributed by atoms with van der Waals surface area (Å²) in [5, 5.41) is 3.57. The maximum atomic E-state index is 5.86. The zero-order chi connectivity index (χ0) is 14.5. The van der Waals surface area contributed by atoms with Gasteiger partial charge in [0.05, 0.1) is 12.2 Å². The molecule has 2 fully saturated rings. The molecule has 5 atom stereocenters. The lowest BCUT2D eigenvalue weighted by Gasteiger charge is -2.42. The summed E-state index contributed by atoms with van der Waals surface area (Å²) < 4.78 is 5.86. The van der Waals surface area contributed by atoms with Crippen LogP contribution in [0, 0.1) is 11.8 Å². The standard InChI is InChI=1S/C17H34N2O/c1-5-6-15-7-8-17(18-4)16(9-15)12-19-10-13(2)20-14(3)11-19/h13-18H,5-12H2,1-4H3. The first-order chi connectivity index (χ1) is 9.62. The maximum absolute atomic E-state index is 5.86. The van der Waals surface area contributed by atoms with Crippen molar-refractivity contribution < 1.29 is 4.74 Å². The van der Waals surface area contributed by atoms with E-state index in [1.165, 1.54) is 38.6 Å². The topological polar surface area (TPSA) is 24.5 Å². The Labute approximate surface area is 125 Å². The number of hydrogen-bond acceptors (Lipinski definition) is 3. The van der Waals surface area contributed by atoms with E-state index in [2.05, 4.69) is 38.0 Å². The average molecular weight is 282 g/mol. The highest BCUT2D eigenvalue weighted by molar-refractivity contribution is 4.87. The van der Waals surface area contributed by atoms with Gasteiger partial charge in [-0.1, -0.05) is 19.8 Å². The van der Waals surface area contributed by atoms with Crippen molar-refractivity contribution in [3.05, 3.63) is 0 Å². The van der Waals surface area contributed by atoms with Crippen LogP contribution in [0.4, 0.5) is 0 Å². The molecular formula is C17H34N2O. The van der Waals surface area contributed by atoms with Gasteiger partial charge in [-0.15, -0.1) is 0 Å². The van der Waals surface area contributed by atoms with Crippen LogP contribution in [0.5, 0.6) is 0 Å². The number of ether oxygens (including phenoxy) is 1.